The Morgan fingerprint density at radius 2 is 1.76 bits per heavy atom. The number of nitrogens with zero attached hydrogens (tertiary/aromatic N) is 2. The van der Waals surface area contributed by atoms with E-state index in [1.165, 1.54) is 0 Å². The van der Waals surface area contributed by atoms with Crippen molar-refractivity contribution in [2.45, 2.75) is 0 Å². The molecule has 1 aliphatic rings. The van der Waals surface area contributed by atoms with Crippen LogP contribution in [0, 0.1) is 0 Å². The minimum Gasteiger partial charge on any atom is -0.329 e. The van der Waals surface area contributed by atoms with Gasteiger partial charge < -0.3 is 5.32 Å². The van der Waals surface area contributed by atoms with Crippen LogP contribution < -0.4 is 5.32 Å². The number of carbonyl (C=O) groups excluding carboxylic acids is 1. The van der Waals surface area contributed by atoms with Gasteiger partial charge in [0, 0.05) is 5.39 Å². The predicted octanol–water partition coefficient (Wildman–Crippen LogP) is 3.28. The molecule has 0 radical (unpaired) electrons. The SMILES string of the molecule is O=C1N=C(n2c(-c3ccccc3)cc3ccccc32)CN1. The van der Waals surface area contributed by atoms with Crippen LogP contribution in [0.1, 0.15) is 0 Å². The molecule has 4 rings (SSSR count). The van der Waals surface area contributed by atoms with Crippen LogP contribution in [0.25, 0.3) is 22.2 Å². The Labute approximate surface area is 121 Å². The van der Waals surface area contributed by atoms with Gasteiger partial charge in [0.05, 0.1) is 17.8 Å². The number of fused-ring (bicyclic) bond motifs is 1. The summed E-state index contributed by atoms with van der Waals surface area (Å²) < 4.78 is 2.06. The third-order valence-corrected chi connectivity index (χ3v) is 3.67. The number of nitrogens with one attached hydrogen (secondary N) is 1. The second kappa shape index (κ2) is 4.59. The van der Waals surface area contributed by atoms with E-state index in [1.54, 1.807) is 0 Å². The van der Waals surface area contributed by atoms with Gasteiger partial charge in [-0.1, -0.05) is 48.5 Å². The monoisotopic (exact) mass is 275 g/mol. The van der Waals surface area contributed by atoms with Crippen molar-refractivity contribution in [2.75, 3.05) is 6.54 Å². The van der Waals surface area contributed by atoms with Gasteiger partial charge in [-0.2, -0.15) is 4.99 Å². The van der Waals surface area contributed by atoms with Gasteiger partial charge in [-0.25, -0.2) is 4.79 Å². The maximum absolute atomic E-state index is 11.4. The molecule has 1 aliphatic heterocycles. The molecule has 2 amide bonds. The van der Waals surface area contributed by atoms with Crippen molar-refractivity contribution in [2.24, 2.45) is 4.99 Å². The van der Waals surface area contributed by atoms with Crippen LogP contribution in [0.3, 0.4) is 0 Å². The van der Waals surface area contributed by atoms with E-state index in [2.05, 4.69) is 39.1 Å². The third-order valence-electron chi connectivity index (χ3n) is 3.67. The lowest BCUT2D eigenvalue weighted by Crippen LogP contribution is -2.21. The molecule has 0 unspecified atom stereocenters. The molecule has 2 aromatic carbocycles. The second-order valence-electron chi connectivity index (χ2n) is 4.98. The minimum atomic E-state index is -0.276. The summed E-state index contributed by atoms with van der Waals surface area (Å²) in [5.74, 6) is 0.736. The summed E-state index contributed by atoms with van der Waals surface area (Å²) in [5, 5.41) is 3.88. The third kappa shape index (κ3) is 1.92. The highest BCUT2D eigenvalue weighted by atomic mass is 16.2. The lowest BCUT2D eigenvalue weighted by Gasteiger charge is -2.09. The number of urea groups is 1. The van der Waals surface area contributed by atoms with Crippen molar-refractivity contribution in [1.29, 1.82) is 0 Å². The normalized spacial score (nSPS) is 14.3. The number of carbonyl (C=O) groups is 1. The molecule has 0 bridgehead atoms. The predicted molar refractivity (Wildman–Crippen MR) is 83.6 cm³/mol. The molecule has 0 atom stereocenters. The molecular formula is C17H13N3O. The van der Waals surface area contributed by atoms with Crippen molar-refractivity contribution in [1.82, 2.24) is 9.88 Å². The van der Waals surface area contributed by atoms with Gasteiger partial charge in [-0.05, 0) is 17.7 Å². The van der Waals surface area contributed by atoms with E-state index in [9.17, 15) is 4.79 Å². The first-order valence-electron chi connectivity index (χ1n) is 6.84. The number of rotatable bonds is 1. The Morgan fingerprint density at radius 3 is 2.52 bits per heavy atom. The van der Waals surface area contributed by atoms with E-state index in [-0.39, 0.29) is 6.03 Å². The molecule has 2 heterocycles. The first-order valence-corrected chi connectivity index (χ1v) is 6.84. The summed E-state index contributed by atoms with van der Waals surface area (Å²) in [7, 11) is 0. The number of hydrogen-bond donors (Lipinski definition) is 1. The summed E-state index contributed by atoms with van der Waals surface area (Å²) in [6.45, 7) is 0.456. The fourth-order valence-corrected chi connectivity index (χ4v) is 2.73. The largest absolute Gasteiger partial charge is 0.343 e. The van der Waals surface area contributed by atoms with Crippen molar-refractivity contribution in [3.8, 4) is 11.3 Å². The van der Waals surface area contributed by atoms with Gasteiger partial charge in [-0.15, -0.1) is 0 Å². The number of para-hydroxylation sites is 1. The van der Waals surface area contributed by atoms with Crippen LogP contribution in [-0.4, -0.2) is 23.0 Å². The van der Waals surface area contributed by atoms with Crippen LogP contribution in [0.5, 0.6) is 0 Å². The van der Waals surface area contributed by atoms with Crippen molar-refractivity contribution in [3.05, 3.63) is 60.7 Å². The topological polar surface area (TPSA) is 46.4 Å². The molecule has 0 fully saturated rings. The van der Waals surface area contributed by atoms with Crippen LogP contribution in [0.2, 0.25) is 0 Å². The minimum absolute atomic E-state index is 0.276. The molecule has 4 heteroatoms. The van der Waals surface area contributed by atoms with E-state index >= 15 is 0 Å². The fraction of sp³-hybridized carbons (Fsp3) is 0.0588. The van der Waals surface area contributed by atoms with E-state index < -0.39 is 0 Å². The van der Waals surface area contributed by atoms with E-state index in [0.29, 0.717) is 6.54 Å². The van der Waals surface area contributed by atoms with Gasteiger partial charge in [-0.3, -0.25) is 4.57 Å². The lowest BCUT2D eigenvalue weighted by molar-refractivity contribution is 0.252. The van der Waals surface area contributed by atoms with Gasteiger partial charge in [0.25, 0.3) is 0 Å². The van der Waals surface area contributed by atoms with Crippen LogP contribution in [0.15, 0.2) is 65.7 Å². The van der Waals surface area contributed by atoms with E-state index in [1.807, 2.05) is 36.4 Å². The van der Waals surface area contributed by atoms with Gasteiger partial charge in [0.15, 0.2) is 0 Å². The molecule has 0 saturated heterocycles. The first-order chi connectivity index (χ1) is 10.3. The molecule has 1 aromatic heterocycles. The number of aliphatic imine (C=N–C) groups is 1. The van der Waals surface area contributed by atoms with Crippen molar-refractivity contribution < 1.29 is 4.79 Å². The highest BCUT2D eigenvalue weighted by Crippen LogP contribution is 2.28. The number of amides is 2. The fourth-order valence-electron chi connectivity index (χ4n) is 2.73. The molecule has 4 nitrogen and oxygen atoms in total. The average molecular weight is 275 g/mol. The van der Waals surface area contributed by atoms with E-state index in [4.69, 9.17) is 0 Å². The highest BCUT2D eigenvalue weighted by molar-refractivity contribution is 6.08. The zero-order valence-corrected chi connectivity index (χ0v) is 11.3. The second-order valence-corrected chi connectivity index (χ2v) is 4.98. The summed E-state index contributed by atoms with van der Waals surface area (Å²) in [6.07, 6.45) is 0. The quantitative estimate of drug-likeness (QED) is 0.728. The molecular weight excluding hydrogens is 262 g/mol. The lowest BCUT2D eigenvalue weighted by atomic mass is 10.1. The Hall–Kier alpha value is -2.88. The average Bonchev–Trinajstić information content (AvgIpc) is 3.11. The van der Waals surface area contributed by atoms with Crippen LogP contribution in [0.4, 0.5) is 4.79 Å². The number of benzene rings is 2. The van der Waals surface area contributed by atoms with Crippen molar-refractivity contribution >= 4 is 22.8 Å². The molecule has 0 saturated carbocycles. The summed E-state index contributed by atoms with van der Waals surface area (Å²) in [6, 6.07) is 20.1. The smallest absolute Gasteiger partial charge is 0.329 e. The standard InChI is InChI=1S/C17H13N3O/c21-17-18-11-16(19-17)20-14-9-5-4-8-13(14)10-15(20)12-6-2-1-3-7-12/h1-10H,11H2,(H,18,21). The van der Waals surface area contributed by atoms with Gasteiger partial charge in [0.1, 0.15) is 5.84 Å². The zero-order valence-electron chi connectivity index (χ0n) is 11.3. The molecule has 0 spiro atoms. The Kier molecular flexibility index (Phi) is 2.60. The summed E-state index contributed by atoms with van der Waals surface area (Å²) in [5.41, 5.74) is 3.22. The molecule has 0 aliphatic carbocycles. The highest BCUT2D eigenvalue weighted by Gasteiger charge is 2.20. The summed E-state index contributed by atoms with van der Waals surface area (Å²) in [4.78, 5) is 15.5. The first kappa shape index (κ1) is 11.9. The van der Waals surface area contributed by atoms with Crippen LogP contribution >= 0.6 is 0 Å². The Morgan fingerprint density at radius 1 is 1.00 bits per heavy atom. The van der Waals surface area contributed by atoms with Gasteiger partial charge >= 0.3 is 6.03 Å². The molecule has 3 aromatic rings. The maximum atomic E-state index is 11.4. The number of aromatic nitrogens is 1. The van der Waals surface area contributed by atoms with E-state index in [0.717, 1.165) is 28.0 Å². The molecule has 102 valence electrons. The molecule has 1 N–H and O–H groups in total. The van der Waals surface area contributed by atoms with Gasteiger partial charge in [0.2, 0.25) is 0 Å². The van der Waals surface area contributed by atoms with Crippen molar-refractivity contribution in [3.63, 3.8) is 0 Å². The van der Waals surface area contributed by atoms with Crippen LogP contribution in [-0.2, 0) is 0 Å². The molecule has 21 heavy (non-hydrogen) atoms. The Balaban J connectivity index is 2.02. The Bertz CT molecular complexity index is 862. The number of hydrogen-bond acceptors (Lipinski definition) is 1. The maximum Gasteiger partial charge on any atom is 0.343 e. The summed E-state index contributed by atoms with van der Waals surface area (Å²) >= 11 is 0. The zero-order chi connectivity index (χ0) is 14.2.